The van der Waals surface area contributed by atoms with Crippen molar-refractivity contribution in [2.24, 2.45) is 0 Å². The van der Waals surface area contributed by atoms with Gasteiger partial charge in [-0.15, -0.1) is 0 Å². The second-order valence-electron chi connectivity index (χ2n) is 4.44. The van der Waals surface area contributed by atoms with Crippen LogP contribution in [0.1, 0.15) is 17.0 Å². The van der Waals surface area contributed by atoms with E-state index in [1.807, 2.05) is 55.6 Å². The number of carbonyl (C=O) groups excluding carboxylic acids is 1. The highest BCUT2D eigenvalue weighted by molar-refractivity contribution is 6.30. The molecule has 0 N–H and O–H groups in total. The normalized spacial score (nSPS) is 18.0. The van der Waals surface area contributed by atoms with Crippen LogP contribution in [0.2, 0.25) is 5.02 Å². The second kappa shape index (κ2) is 4.14. The van der Waals surface area contributed by atoms with Gasteiger partial charge in [-0.3, -0.25) is 4.79 Å². The van der Waals surface area contributed by atoms with Gasteiger partial charge in [0.05, 0.1) is 5.92 Å². The largest absolute Gasteiger partial charge is 0.314 e. The summed E-state index contributed by atoms with van der Waals surface area (Å²) in [6, 6.07) is 15.4. The number of benzene rings is 2. The fourth-order valence-corrected chi connectivity index (χ4v) is 2.59. The Morgan fingerprint density at radius 2 is 1.72 bits per heavy atom. The van der Waals surface area contributed by atoms with Crippen LogP contribution < -0.4 is 4.90 Å². The van der Waals surface area contributed by atoms with Crippen molar-refractivity contribution < 1.29 is 4.79 Å². The minimum Gasteiger partial charge on any atom is -0.314 e. The van der Waals surface area contributed by atoms with Gasteiger partial charge in [-0.05, 0) is 29.3 Å². The van der Waals surface area contributed by atoms with Crippen molar-refractivity contribution in [2.75, 3.05) is 11.9 Å². The minimum atomic E-state index is -0.205. The van der Waals surface area contributed by atoms with Crippen molar-refractivity contribution in [2.45, 2.75) is 5.92 Å². The zero-order valence-electron chi connectivity index (χ0n) is 9.93. The number of likely N-dealkylation sites (N-methyl/N-ethyl adjacent to an activating group) is 1. The van der Waals surface area contributed by atoms with Crippen LogP contribution in [0.15, 0.2) is 48.5 Å². The fourth-order valence-electron chi connectivity index (χ4n) is 2.46. The summed E-state index contributed by atoms with van der Waals surface area (Å²) in [5.41, 5.74) is 3.04. The lowest BCUT2D eigenvalue weighted by molar-refractivity contribution is -0.118. The van der Waals surface area contributed by atoms with Crippen molar-refractivity contribution >= 4 is 23.2 Å². The zero-order valence-corrected chi connectivity index (χ0v) is 10.7. The predicted octanol–water partition coefficient (Wildman–Crippen LogP) is 3.45. The van der Waals surface area contributed by atoms with Crippen LogP contribution in [0.25, 0.3) is 0 Å². The SMILES string of the molecule is CN1C(=O)C(c2ccc(Cl)cc2)c2ccccc21. The average molecular weight is 258 g/mol. The van der Waals surface area contributed by atoms with Crippen molar-refractivity contribution in [3.05, 3.63) is 64.7 Å². The quantitative estimate of drug-likeness (QED) is 0.766. The number of fused-ring (bicyclic) bond motifs is 1. The predicted molar refractivity (Wildman–Crippen MR) is 73.1 cm³/mol. The number of hydrogen-bond donors (Lipinski definition) is 0. The summed E-state index contributed by atoms with van der Waals surface area (Å²) >= 11 is 5.89. The van der Waals surface area contributed by atoms with Crippen molar-refractivity contribution in [1.29, 1.82) is 0 Å². The molecule has 0 aliphatic carbocycles. The standard InChI is InChI=1S/C15H12ClNO/c1-17-13-5-3-2-4-12(13)14(15(17)18)10-6-8-11(16)9-7-10/h2-9,14H,1H3. The lowest BCUT2D eigenvalue weighted by Crippen LogP contribution is -2.24. The summed E-state index contributed by atoms with van der Waals surface area (Å²) in [4.78, 5) is 14.1. The van der Waals surface area contributed by atoms with E-state index in [1.54, 1.807) is 4.90 Å². The summed E-state index contributed by atoms with van der Waals surface area (Å²) in [5.74, 6) is -0.0954. The molecule has 0 radical (unpaired) electrons. The molecule has 1 atom stereocenters. The molecule has 3 rings (SSSR count). The molecule has 1 aliphatic heterocycles. The van der Waals surface area contributed by atoms with E-state index in [0.29, 0.717) is 5.02 Å². The van der Waals surface area contributed by atoms with E-state index >= 15 is 0 Å². The van der Waals surface area contributed by atoms with Gasteiger partial charge in [0.1, 0.15) is 0 Å². The minimum absolute atomic E-state index is 0.110. The van der Waals surface area contributed by atoms with E-state index in [4.69, 9.17) is 11.6 Å². The Hall–Kier alpha value is -1.80. The molecule has 2 aromatic carbocycles. The monoisotopic (exact) mass is 257 g/mol. The second-order valence-corrected chi connectivity index (χ2v) is 4.88. The molecule has 2 nitrogen and oxygen atoms in total. The Balaban J connectivity index is 2.13. The van der Waals surface area contributed by atoms with Crippen molar-refractivity contribution in [1.82, 2.24) is 0 Å². The smallest absolute Gasteiger partial charge is 0.238 e. The molecule has 90 valence electrons. The first kappa shape index (κ1) is 11.3. The van der Waals surface area contributed by atoms with Gasteiger partial charge in [0, 0.05) is 17.8 Å². The van der Waals surface area contributed by atoms with Gasteiger partial charge >= 0.3 is 0 Å². The first-order valence-electron chi connectivity index (χ1n) is 5.80. The summed E-state index contributed by atoms with van der Waals surface area (Å²) in [5, 5.41) is 0.686. The van der Waals surface area contributed by atoms with E-state index < -0.39 is 0 Å². The topological polar surface area (TPSA) is 20.3 Å². The van der Waals surface area contributed by atoms with Crippen molar-refractivity contribution in [3.63, 3.8) is 0 Å². The van der Waals surface area contributed by atoms with Crippen LogP contribution in [0.4, 0.5) is 5.69 Å². The maximum absolute atomic E-state index is 12.3. The van der Waals surface area contributed by atoms with Gasteiger partial charge in [-0.2, -0.15) is 0 Å². The molecule has 18 heavy (non-hydrogen) atoms. The maximum atomic E-state index is 12.3. The fraction of sp³-hybridized carbons (Fsp3) is 0.133. The third-order valence-electron chi connectivity index (χ3n) is 3.39. The van der Waals surface area contributed by atoms with Crippen LogP contribution in [-0.4, -0.2) is 13.0 Å². The van der Waals surface area contributed by atoms with E-state index in [1.165, 1.54) is 0 Å². The summed E-state index contributed by atoms with van der Waals surface area (Å²) in [6.07, 6.45) is 0. The molecule has 0 saturated carbocycles. The highest BCUT2D eigenvalue weighted by atomic mass is 35.5. The molecular formula is C15H12ClNO. The van der Waals surface area contributed by atoms with Crippen molar-refractivity contribution in [3.8, 4) is 0 Å². The van der Waals surface area contributed by atoms with E-state index in [2.05, 4.69) is 0 Å². The van der Waals surface area contributed by atoms with Crippen LogP contribution in [0, 0.1) is 0 Å². The van der Waals surface area contributed by atoms with E-state index in [9.17, 15) is 4.79 Å². The molecule has 1 unspecified atom stereocenters. The number of amides is 1. The molecule has 1 amide bonds. The Kier molecular flexibility index (Phi) is 2.60. The number of anilines is 1. The molecule has 2 aromatic rings. The number of rotatable bonds is 1. The zero-order chi connectivity index (χ0) is 12.7. The number of halogens is 1. The lowest BCUT2D eigenvalue weighted by atomic mass is 9.93. The van der Waals surface area contributed by atoms with Gasteiger partial charge in [0.15, 0.2) is 0 Å². The Labute approximate surface area is 111 Å². The molecule has 0 saturated heterocycles. The highest BCUT2D eigenvalue weighted by Crippen LogP contribution is 2.40. The Morgan fingerprint density at radius 1 is 1.06 bits per heavy atom. The van der Waals surface area contributed by atoms with E-state index in [-0.39, 0.29) is 11.8 Å². The summed E-state index contributed by atoms with van der Waals surface area (Å²) < 4.78 is 0. The molecule has 0 spiro atoms. The summed E-state index contributed by atoms with van der Waals surface area (Å²) in [6.45, 7) is 0. The third-order valence-corrected chi connectivity index (χ3v) is 3.64. The Morgan fingerprint density at radius 3 is 2.44 bits per heavy atom. The Bertz CT molecular complexity index is 606. The van der Waals surface area contributed by atoms with Crippen LogP contribution in [0.5, 0.6) is 0 Å². The van der Waals surface area contributed by atoms with Gasteiger partial charge in [-0.1, -0.05) is 41.9 Å². The van der Waals surface area contributed by atoms with Crippen LogP contribution >= 0.6 is 11.6 Å². The highest BCUT2D eigenvalue weighted by Gasteiger charge is 2.35. The lowest BCUT2D eigenvalue weighted by Gasteiger charge is -2.11. The summed E-state index contributed by atoms with van der Waals surface area (Å²) in [7, 11) is 1.82. The van der Waals surface area contributed by atoms with Crippen LogP contribution in [-0.2, 0) is 4.79 Å². The van der Waals surface area contributed by atoms with Crippen LogP contribution in [0.3, 0.4) is 0 Å². The maximum Gasteiger partial charge on any atom is 0.238 e. The molecule has 3 heteroatoms. The van der Waals surface area contributed by atoms with Gasteiger partial charge in [0.25, 0.3) is 0 Å². The number of carbonyl (C=O) groups is 1. The van der Waals surface area contributed by atoms with Gasteiger partial charge in [0.2, 0.25) is 5.91 Å². The van der Waals surface area contributed by atoms with Gasteiger partial charge < -0.3 is 4.90 Å². The molecule has 0 bridgehead atoms. The average Bonchev–Trinajstić information content (AvgIpc) is 2.64. The molecule has 0 fully saturated rings. The molecular weight excluding hydrogens is 246 g/mol. The number of para-hydroxylation sites is 1. The number of nitrogens with zero attached hydrogens (tertiary/aromatic N) is 1. The first-order chi connectivity index (χ1) is 8.68. The molecule has 1 heterocycles. The molecule has 1 aliphatic rings. The molecule has 0 aromatic heterocycles. The van der Waals surface area contributed by atoms with E-state index in [0.717, 1.165) is 16.8 Å². The van der Waals surface area contributed by atoms with Gasteiger partial charge in [-0.25, -0.2) is 0 Å². The number of hydrogen-bond acceptors (Lipinski definition) is 1. The third kappa shape index (κ3) is 1.61. The first-order valence-corrected chi connectivity index (χ1v) is 6.18.